The van der Waals surface area contributed by atoms with Gasteiger partial charge in [-0.3, -0.25) is 14.4 Å². The number of hydrogen-bond donors (Lipinski definition) is 3. The Bertz CT molecular complexity index is 969. The number of aliphatic hydroxyl groups is 1. The third-order valence-electron chi connectivity index (χ3n) is 8.23. The Morgan fingerprint density at radius 3 is 2.53 bits per heavy atom. The molecule has 1 aromatic carbocycles. The maximum absolute atomic E-state index is 14.1. The van der Waals surface area contributed by atoms with Crippen LogP contribution in [0.2, 0.25) is 0 Å². The molecule has 36 heavy (non-hydrogen) atoms. The topological polar surface area (TPSA) is 108 Å². The molecule has 2 unspecified atom stereocenters. The SMILES string of the molecule is CCCCNC(=O)C1N([C@@H](CO)CC(C)C)C(=O)[C@@H]2[C@H](C(=O)NCc3ccccc3)[C@]3(C)CCC12O3. The van der Waals surface area contributed by atoms with E-state index in [0.717, 1.165) is 18.4 Å². The van der Waals surface area contributed by atoms with Crippen molar-refractivity contribution in [2.24, 2.45) is 17.8 Å². The van der Waals surface area contributed by atoms with E-state index in [4.69, 9.17) is 4.74 Å². The Morgan fingerprint density at radius 2 is 1.89 bits per heavy atom. The lowest BCUT2D eigenvalue weighted by atomic mass is 9.66. The van der Waals surface area contributed by atoms with E-state index in [2.05, 4.69) is 17.6 Å². The molecule has 0 aromatic heterocycles. The summed E-state index contributed by atoms with van der Waals surface area (Å²) in [5, 5.41) is 16.3. The van der Waals surface area contributed by atoms with Crippen molar-refractivity contribution in [1.82, 2.24) is 15.5 Å². The molecule has 3 aliphatic rings. The third kappa shape index (κ3) is 4.54. The number of hydrogen-bond acceptors (Lipinski definition) is 5. The highest BCUT2D eigenvalue weighted by Crippen LogP contribution is 2.63. The Morgan fingerprint density at radius 1 is 1.17 bits per heavy atom. The maximum atomic E-state index is 14.1. The molecule has 3 saturated heterocycles. The fraction of sp³-hybridized carbons (Fsp3) is 0.679. The summed E-state index contributed by atoms with van der Waals surface area (Å²) in [6.07, 6.45) is 3.46. The highest BCUT2D eigenvalue weighted by atomic mass is 16.5. The Hall–Kier alpha value is -2.45. The standard InChI is InChI=1S/C28H41N3O5/c1-5-6-14-29-25(34)23-28-13-12-27(4,36-28)21(24(33)30-16-19-10-8-7-9-11-19)22(28)26(35)31(23)20(17-32)15-18(2)3/h7-11,18,20-23,32H,5-6,12-17H2,1-4H3,(H,29,34)(H,30,33)/t20-,21-,22+,23?,27+,28?/m1/s1. The summed E-state index contributed by atoms with van der Waals surface area (Å²) in [4.78, 5) is 42.9. The lowest BCUT2D eigenvalue weighted by molar-refractivity contribution is -0.150. The molecule has 3 N–H and O–H groups in total. The number of carbonyl (C=O) groups excluding carboxylic acids is 3. The van der Waals surface area contributed by atoms with Gasteiger partial charge in [0.15, 0.2) is 0 Å². The Labute approximate surface area is 214 Å². The van der Waals surface area contributed by atoms with Crippen LogP contribution in [0.5, 0.6) is 0 Å². The van der Waals surface area contributed by atoms with Crippen molar-refractivity contribution in [3.05, 3.63) is 35.9 Å². The average Bonchev–Trinajstić information content (AvgIpc) is 3.42. The van der Waals surface area contributed by atoms with E-state index >= 15 is 0 Å². The van der Waals surface area contributed by atoms with E-state index in [0.29, 0.717) is 32.4 Å². The van der Waals surface area contributed by atoms with Crippen molar-refractivity contribution in [2.75, 3.05) is 13.2 Å². The molecule has 3 fully saturated rings. The summed E-state index contributed by atoms with van der Waals surface area (Å²) in [5.41, 5.74) is -0.914. The summed E-state index contributed by atoms with van der Waals surface area (Å²) in [6, 6.07) is 8.27. The lowest BCUT2D eigenvalue weighted by Gasteiger charge is -2.37. The van der Waals surface area contributed by atoms with Crippen LogP contribution in [0.1, 0.15) is 65.4 Å². The highest BCUT2D eigenvalue weighted by molar-refractivity contribution is 5.99. The molecule has 8 heteroatoms. The van der Waals surface area contributed by atoms with Gasteiger partial charge in [0.25, 0.3) is 0 Å². The van der Waals surface area contributed by atoms with Crippen molar-refractivity contribution in [1.29, 1.82) is 0 Å². The van der Waals surface area contributed by atoms with Gasteiger partial charge in [-0.15, -0.1) is 0 Å². The number of aliphatic hydroxyl groups excluding tert-OH is 1. The van der Waals surface area contributed by atoms with Crippen LogP contribution in [-0.4, -0.2) is 64.2 Å². The minimum atomic E-state index is -1.07. The monoisotopic (exact) mass is 499 g/mol. The van der Waals surface area contributed by atoms with Gasteiger partial charge >= 0.3 is 0 Å². The number of fused-ring (bicyclic) bond motifs is 1. The van der Waals surface area contributed by atoms with E-state index < -0.39 is 35.1 Å². The van der Waals surface area contributed by atoms with E-state index in [1.165, 1.54) is 0 Å². The minimum absolute atomic E-state index is 0.219. The average molecular weight is 500 g/mol. The van der Waals surface area contributed by atoms with Gasteiger partial charge in [0, 0.05) is 13.1 Å². The summed E-state index contributed by atoms with van der Waals surface area (Å²) < 4.78 is 6.63. The molecule has 198 valence electrons. The largest absolute Gasteiger partial charge is 0.394 e. The van der Waals surface area contributed by atoms with Gasteiger partial charge in [-0.2, -0.15) is 0 Å². The predicted molar refractivity (Wildman–Crippen MR) is 136 cm³/mol. The molecule has 0 aliphatic carbocycles. The zero-order valence-corrected chi connectivity index (χ0v) is 22.0. The maximum Gasteiger partial charge on any atom is 0.245 e. The molecule has 3 heterocycles. The zero-order chi connectivity index (χ0) is 26.1. The second kappa shape index (κ2) is 10.5. The zero-order valence-electron chi connectivity index (χ0n) is 22.0. The number of nitrogens with zero attached hydrogens (tertiary/aromatic N) is 1. The molecule has 3 aliphatic heterocycles. The smallest absolute Gasteiger partial charge is 0.245 e. The number of carbonyl (C=O) groups is 3. The van der Waals surface area contributed by atoms with Crippen molar-refractivity contribution in [3.63, 3.8) is 0 Å². The molecule has 1 spiro atoms. The molecule has 6 atom stereocenters. The predicted octanol–water partition coefficient (Wildman–Crippen LogP) is 2.39. The molecule has 3 amide bonds. The van der Waals surface area contributed by atoms with Gasteiger partial charge in [0.05, 0.1) is 30.1 Å². The quantitative estimate of drug-likeness (QED) is 0.405. The van der Waals surface area contributed by atoms with Crippen LogP contribution >= 0.6 is 0 Å². The van der Waals surface area contributed by atoms with Crippen LogP contribution in [0, 0.1) is 17.8 Å². The van der Waals surface area contributed by atoms with Crippen LogP contribution in [0.15, 0.2) is 30.3 Å². The Kier molecular flexibility index (Phi) is 7.76. The van der Waals surface area contributed by atoms with Crippen LogP contribution in [0.4, 0.5) is 0 Å². The summed E-state index contributed by atoms with van der Waals surface area (Å²) in [7, 11) is 0. The van der Waals surface area contributed by atoms with E-state index in [1.807, 2.05) is 51.1 Å². The van der Waals surface area contributed by atoms with Crippen molar-refractivity contribution in [3.8, 4) is 0 Å². The number of amides is 3. The van der Waals surface area contributed by atoms with Crippen molar-refractivity contribution >= 4 is 17.7 Å². The van der Waals surface area contributed by atoms with Gasteiger partial charge < -0.3 is 25.4 Å². The fourth-order valence-corrected chi connectivity index (χ4v) is 6.66. The molecule has 8 nitrogen and oxygen atoms in total. The lowest BCUT2D eigenvalue weighted by Crippen LogP contribution is -2.58. The van der Waals surface area contributed by atoms with E-state index in [9.17, 15) is 19.5 Å². The van der Waals surface area contributed by atoms with Crippen LogP contribution in [0.25, 0.3) is 0 Å². The molecule has 0 saturated carbocycles. The van der Waals surface area contributed by atoms with Gasteiger partial charge in [-0.05, 0) is 44.1 Å². The van der Waals surface area contributed by atoms with Gasteiger partial charge in [-0.1, -0.05) is 57.5 Å². The van der Waals surface area contributed by atoms with E-state index in [-0.39, 0.29) is 30.2 Å². The second-order valence-corrected chi connectivity index (χ2v) is 11.3. The first-order valence-corrected chi connectivity index (χ1v) is 13.4. The first kappa shape index (κ1) is 26.6. The van der Waals surface area contributed by atoms with Crippen LogP contribution in [-0.2, 0) is 25.7 Å². The van der Waals surface area contributed by atoms with Crippen LogP contribution in [0.3, 0.4) is 0 Å². The molecule has 0 radical (unpaired) electrons. The summed E-state index contributed by atoms with van der Waals surface area (Å²) in [6.45, 7) is 8.64. The number of ether oxygens (including phenoxy) is 1. The first-order chi connectivity index (χ1) is 17.2. The summed E-state index contributed by atoms with van der Waals surface area (Å²) in [5.74, 6) is -1.97. The molecular weight excluding hydrogens is 458 g/mol. The van der Waals surface area contributed by atoms with Gasteiger partial charge in [-0.25, -0.2) is 0 Å². The van der Waals surface area contributed by atoms with Gasteiger partial charge in [0.2, 0.25) is 17.7 Å². The molecule has 2 bridgehead atoms. The number of rotatable bonds is 11. The number of benzene rings is 1. The number of nitrogens with one attached hydrogen (secondary N) is 2. The van der Waals surface area contributed by atoms with E-state index in [1.54, 1.807) is 4.90 Å². The molecule has 4 rings (SSSR count). The van der Waals surface area contributed by atoms with Crippen LogP contribution < -0.4 is 10.6 Å². The van der Waals surface area contributed by atoms with Crippen molar-refractivity contribution in [2.45, 2.75) is 89.6 Å². The molecule has 1 aromatic rings. The normalized spacial score (nSPS) is 31.6. The molecular formula is C28H41N3O5. The Balaban J connectivity index is 1.67. The van der Waals surface area contributed by atoms with Gasteiger partial charge in [0.1, 0.15) is 11.6 Å². The minimum Gasteiger partial charge on any atom is -0.394 e. The second-order valence-electron chi connectivity index (χ2n) is 11.3. The fourth-order valence-electron chi connectivity index (χ4n) is 6.66. The number of unbranched alkanes of at least 4 members (excludes halogenated alkanes) is 1. The summed E-state index contributed by atoms with van der Waals surface area (Å²) >= 11 is 0. The highest BCUT2D eigenvalue weighted by Gasteiger charge is 2.78. The first-order valence-electron chi connectivity index (χ1n) is 13.4. The van der Waals surface area contributed by atoms with Crippen molar-refractivity contribution < 1.29 is 24.2 Å². The number of likely N-dealkylation sites (tertiary alicyclic amines) is 1. The third-order valence-corrected chi connectivity index (χ3v) is 8.23.